The number of benzene rings is 3. The monoisotopic (exact) mass is 481 g/mol. The maximum absolute atomic E-state index is 13.4. The van der Waals surface area contributed by atoms with Gasteiger partial charge in [0.1, 0.15) is 5.69 Å². The van der Waals surface area contributed by atoms with E-state index in [2.05, 4.69) is 10.6 Å². The highest BCUT2D eigenvalue weighted by atomic mass is 19.4. The van der Waals surface area contributed by atoms with Gasteiger partial charge in [-0.15, -0.1) is 0 Å². The lowest BCUT2D eigenvalue weighted by atomic mass is 10.1. The highest BCUT2D eigenvalue weighted by molar-refractivity contribution is 6.09. The molecular weight excluding hydrogens is 459 g/mol. The Bertz CT molecular complexity index is 1390. The van der Waals surface area contributed by atoms with Gasteiger partial charge in [0.25, 0.3) is 5.91 Å². The lowest BCUT2D eigenvalue weighted by molar-refractivity contribution is -0.137. The van der Waals surface area contributed by atoms with E-state index in [4.69, 9.17) is 5.11 Å². The van der Waals surface area contributed by atoms with Crippen molar-refractivity contribution in [2.75, 3.05) is 5.32 Å². The minimum absolute atomic E-state index is 0.143. The number of nitrogens with zero attached hydrogens (tertiary/aromatic N) is 1. The molecule has 1 atom stereocenters. The molecule has 9 heteroatoms. The average Bonchev–Trinajstić information content (AvgIpc) is 3.10. The van der Waals surface area contributed by atoms with Crippen LogP contribution in [0.3, 0.4) is 0 Å². The van der Waals surface area contributed by atoms with E-state index in [-0.39, 0.29) is 5.56 Å². The van der Waals surface area contributed by atoms with Crippen molar-refractivity contribution in [3.05, 3.63) is 95.2 Å². The van der Waals surface area contributed by atoms with Crippen molar-refractivity contribution in [3.8, 4) is 0 Å². The van der Waals surface area contributed by atoms with Crippen molar-refractivity contribution < 1.29 is 27.9 Å². The molecule has 0 unspecified atom stereocenters. The molecule has 3 N–H and O–H groups in total. The Morgan fingerprint density at radius 2 is 1.57 bits per heavy atom. The maximum atomic E-state index is 13.4. The number of carbonyl (C=O) groups is 2. The van der Waals surface area contributed by atoms with Gasteiger partial charge < -0.3 is 20.3 Å². The summed E-state index contributed by atoms with van der Waals surface area (Å²) in [5, 5.41) is 15.9. The number of carbonyl (C=O) groups excluding carboxylic acids is 1. The first-order chi connectivity index (χ1) is 16.6. The third-order valence-electron chi connectivity index (χ3n) is 5.81. The topological polar surface area (TPSA) is 83.4 Å². The van der Waals surface area contributed by atoms with Crippen LogP contribution >= 0.6 is 0 Å². The van der Waals surface area contributed by atoms with Crippen LogP contribution < -0.4 is 10.6 Å². The van der Waals surface area contributed by atoms with Crippen molar-refractivity contribution in [2.45, 2.75) is 19.1 Å². The van der Waals surface area contributed by atoms with Crippen molar-refractivity contribution in [1.82, 2.24) is 9.88 Å². The van der Waals surface area contributed by atoms with E-state index in [0.29, 0.717) is 17.1 Å². The number of halogens is 3. The largest absolute Gasteiger partial charge is 0.478 e. The Labute approximate surface area is 199 Å². The van der Waals surface area contributed by atoms with E-state index in [1.165, 1.54) is 24.3 Å². The van der Waals surface area contributed by atoms with E-state index in [1.807, 2.05) is 24.3 Å². The fraction of sp³-hybridized carbons (Fsp3) is 0.154. The molecule has 4 aromatic rings. The molecule has 0 aliphatic carbocycles. The first-order valence-corrected chi connectivity index (χ1v) is 10.7. The van der Waals surface area contributed by atoms with E-state index in [9.17, 15) is 22.8 Å². The first kappa shape index (κ1) is 23.9. The number of anilines is 2. The number of hydrogen-bond donors (Lipinski definition) is 3. The molecule has 3 aromatic carbocycles. The number of alkyl halides is 3. The van der Waals surface area contributed by atoms with Gasteiger partial charge in [0.05, 0.1) is 28.4 Å². The third-order valence-corrected chi connectivity index (χ3v) is 5.81. The zero-order chi connectivity index (χ0) is 25.3. The van der Waals surface area contributed by atoms with Crippen LogP contribution in [-0.4, -0.2) is 21.6 Å². The first-order valence-electron chi connectivity index (χ1n) is 10.7. The van der Waals surface area contributed by atoms with Crippen molar-refractivity contribution in [3.63, 3.8) is 0 Å². The summed E-state index contributed by atoms with van der Waals surface area (Å²) < 4.78 is 40.6. The summed E-state index contributed by atoms with van der Waals surface area (Å²) in [6.45, 7) is 1.78. The molecule has 35 heavy (non-hydrogen) atoms. The molecule has 0 aliphatic heterocycles. The van der Waals surface area contributed by atoms with Gasteiger partial charge in [0.2, 0.25) is 0 Å². The summed E-state index contributed by atoms with van der Waals surface area (Å²) >= 11 is 0. The number of hydrogen-bond acceptors (Lipinski definition) is 3. The molecule has 1 aromatic heterocycles. The van der Waals surface area contributed by atoms with E-state index in [1.54, 1.807) is 30.7 Å². The highest BCUT2D eigenvalue weighted by Gasteiger charge is 2.30. The number of nitrogens with one attached hydrogen (secondary N) is 2. The van der Waals surface area contributed by atoms with Gasteiger partial charge in [-0.05, 0) is 55.0 Å². The van der Waals surface area contributed by atoms with Crippen molar-refractivity contribution in [2.24, 2.45) is 7.05 Å². The van der Waals surface area contributed by atoms with Crippen LogP contribution in [0.25, 0.3) is 10.9 Å². The van der Waals surface area contributed by atoms with Crippen molar-refractivity contribution >= 4 is 34.2 Å². The summed E-state index contributed by atoms with van der Waals surface area (Å²) in [6.07, 6.45) is -4.44. The second-order valence-electron chi connectivity index (χ2n) is 8.12. The normalized spacial score (nSPS) is 12.4. The van der Waals surface area contributed by atoms with Crippen LogP contribution in [0, 0.1) is 0 Å². The van der Waals surface area contributed by atoms with Gasteiger partial charge >= 0.3 is 12.1 Å². The van der Waals surface area contributed by atoms with E-state index in [0.717, 1.165) is 28.6 Å². The van der Waals surface area contributed by atoms with Gasteiger partial charge in [-0.1, -0.05) is 30.3 Å². The number of aryl methyl sites for hydroxylation is 1. The van der Waals surface area contributed by atoms with Crippen LogP contribution in [0.15, 0.2) is 72.8 Å². The Hall–Kier alpha value is -4.27. The van der Waals surface area contributed by atoms with Crippen LogP contribution in [0.5, 0.6) is 0 Å². The van der Waals surface area contributed by atoms with Gasteiger partial charge in [0.15, 0.2) is 0 Å². The molecule has 1 amide bonds. The predicted octanol–water partition coefficient (Wildman–Crippen LogP) is 6.13. The average molecular weight is 481 g/mol. The Balaban J connectivity index is 1.66. The standard InChI is InChI=1S/C26H22F3N3O3/c1-15(16-7-9-17(10-8-16)25(34)35)30-24(33)23-22(20-5-3-4-6-21(20)32(23)2)31-19-13-11-18(12-14-19)26(27,28)29/h3-15,31H,1-2H3,(H,30,33)(H,34,35)/t15-/m0/s1. The summed E-state index contributed by atoms with van der Waals surface area (Å²) in [7, 11) is 1.74. The summed E-state index contributed by atoms with van der Waals surface area (Å²) in [5.41, 5.74) is 2.05. The Kier molecular flexibility index (Phi) is 6.26. The molecule has 0 radical (unpaired) electrons. The fourth-order valence-electron chi connectivity index (χ4n) is 3.94. The molecule has 1 heterocycles. The van der Waals surface area contributed by atoms with Gasteiger partial charge in [-0.25, -0.2) is 4.79 Å². The lowest BCUT2D eigenvalue weighted by Gasteiger charge is -2.17. The van der Waals surface area contributed by atoms with Crippen LogP contribution in [0.2, 0.25) is 0 Å². The van der Waals surface area contributed by atoms with E-state index >= 15 is 0 Å². The minimum atomic E-state index is -4.44. The second-order valence-corrected chi connectivity index (χ2v) is 8.12. The molecule has 6 nitrogen and oxygen atoms in total. The molecule has 4 rings (SSSR count). The molecule has 180 valence electrons. The van der Waals surface area contributed by atoms with Crippen molar-refractivity contribution in [1.29, 1.82) is 0 Å². The maximum Gasteiger partial charge on any atom is 0.416 e. The zero-order valence-corrected chi connectivity index (χ0v) is 18.9. The number of para-hydroxylation sites is 1. The summed E-state index contributed by atoms with van der Waals surface area (Å²) in [6, 6.07) is 17.7. The molecular formula is C26H22F3N3O3. The number of carboxylic acids is 1. The fourth-order valence-corrected chi connectivity index (χ4v) is 3.94. The molecule has 0 saturated heterocycles. The van der Waals surface area contributed by atoms with Gasteiger partial charge in [-0.2, -0.15) is 13.2 Å². The molecule has 0 fully saturated rings. The summed E-state index contributed by atoms with van der Waals surface area (Å²) in [5.74, 6) is -1.43. The number of aromatic carboxylic acids is 1. The number of aromatic nitrogens is 1. The molecule has 0 saturated carbocycles. The SMILES string of the molecule is C[C@H](NC(=O)c1c(Nc2ccc(C(F)(F)F)cc2)c2ccccc2n1C)c1ccc(C(=O)O)cc1. The number of amides is 1. The van der Waals surface area contributed by atoms with Crippen LogP contribution in [0.1, 0.15) is 44.9 Å². The van der Waals surface area contributed by atoms with Crippen LogP contribution in [-0.2, 0) is 13.2 Å². The number of carboxylic acid groups (broad SMARTS) is 1. The molecule has 0 aliphatic rings. The zero-order valence-electron chi connectivity index (χ0n) is 18.9. The quantitative estimate of drug-likeness (QED) is 0.309. The highest BCUT2D eigenvalue weighted by Crippen LogP contribution is 2.35. The van der Waals surface area contributed by atoms with Gasteiger partial charge in [0, 0.05) is 18.1 Å². The molecule has 0 bridgehead atoms. The number of fused-ring (bicyclic) bond motifs is 1. The Morgan fingerprint density at radius 3 is 2.17 bits per heavy atom. The Morgan fingerprint density at radius 1 is 0.943 bits per heavy atom. The number of rotatable bonds is 6. The van der Waals surface area contributed by atoms with E-state index < -0.39 is 29.7 Å². The lowest BCUT2D eigenvalue weighted by Crippen LogP contribution is -2.29. The minimum Gasteiger partial charge on any atom is -0.478 e. The summed E-state index contributed by atoms with van der Waals surface area (Å²) in [4.78, 5) is 24.5. The molecule has 0 spiro atoms. The van der Waals surface area contributed by atoms with Gasteiger partial charge in [-0.3, -0.25) is 4.79 Å². The smallest absolute Gasteiger partial charge is 0.416 e. The van der Waals surface area contributed by atoms with Crippen LogP contribution in [0.4, 0.5) is 24.5 Å². The third kappa shape index (κ3) is 4.84. The second kappa shape index (κ2) is 9.17. The predicted molar refractivity (Wildman–Crippen MR) is 127 cm³/mol.